The molecule has 0 spiro atoms. The second-order valence-corrected chi connectivity index (χ2v) is 5.37. The second kappa shape index (κ2) is 9.99. The number of nitrogens with one attached hydrogen (secondary N) is 1. The summed E-state index contributed by atoms with van der Waals surface area (Å²) in [6.45, 7) is 1.52. The van der Waals surface area contributed by atoms with Gasteiger partial charge in [0.15, 0.2) is 0 Å². The molecule has 104 valence electrons. The van der Waals surface area contributed by atoms with Gasteiger partial charge in [-0.05, 0) is 12.1 Å². The fraction of sp³-hybridized carbons (Fsp3) is 0.429. The maximum Gasteiger partial charge on any atom is 0.138 e. The minimum absolute atomic E-state index is 0.216. The van der Waals surface area contributed by atoms with Crippen molar-refractivity contribution in [3.63, 3.8) is 0 Å². The predicted molar refractivity (Wildman–Crippen MR) is 82.0 cm³/mol. The smallest absolute Gasteiger partial charge is 0.138 e. The Labute approximate surface area is 123 Å². The summed E-state index contributed by atoms with van der Waals surface area (Å²) in [6.07, 6.45) is 4.58. The fourth-order valence-corrected chi connectivity index (χ4v) is 2.09. The summed E-state index contributed by atoms with van der Waals surface area (Å²) in [6, 6.07) is 7.21. The molecule has 19 heavy (non-hydrogen) atoms. The van der Waals surface area contributed by atoms with E-state index in [9.17, 15) is 5.11 Å². The quantitative estimate of drug-likeness (QED) is 0.541. The number of rotatable bonds is 9. The van der Waals surface area contributed by atoms with E-state index in [-0.39, 0.29) is 6.61 Å². The van der Waals surface area contributed by atoms with Crippen molar-refractivity contribution < 1.29 is 9.84 Å². The molecule has 0 aliphatic rings. The van der Waals surface area contributed by atoms with Crippen molar-refractivity contribution in [2.24, 2.45) is 0 Å². The lowest BCUT2D eigenvalue weighted by Crippen LogP contribution is -2.32. The van der Waals surface area contributed by atoms with Crippen LogP contribution in [0.15, 0.2) is 24.3 Å². The Balaban J connectivity index is 2.10. The molecule has 1 rings (SSSR count). The highest BCUT2D eigenvalue weighted by atomic mass is 35.5. The number of para-hydroxylation sites is 1. The van der Waals surface area contributed by atoms with Gasteiger partial charge in [-0.2, -0.15) is 0 Å². The van der Waals surface area contributed by atoms with E-state index in [1.54, 1.807) is 23.9 Å². The van der Waals surface area contributed by atoms with Gasteiger partial charge in [-0.3, -0.25) is 0 Å². The minimum Gasteiger partial charge on any atom is -0.489 e. The first-order valence-electron chi connectivity index (χ1n) is 6.01. The lowest BCUT2D eigenvalue weighted by Gasteiger charge is -2.13. The van der Waals surface area contributed by atoms with Gasteiger partial charge < -0.3 is 15.2 Å². The number of aliphatic hydroxyl groups is 1. The first-order valence-corrected chi connectivity index (χ1v) is 7.54. The van der Waals surface area contributed by atoms with E-state index in [2.05, 4.69) is 11.2 Å². The Hall–Kier alpha value is -0.860. The molecule has 0 aliphatic heterocycles. The number of hydrogen-bond donors (Lipinski definition) is 2. The number of ether oxygens (including phenoxy) is 1. The number of thioether (sulfide) groups is 1. The van der Waals surface area contributed by atoms with Gasteiger partial charge in [0.1, 0.15) is 18.5 Å². The molecule has 0 heterocycles. The molecule has 0 aliphatic carbocycles. The number of terminal acetylenes is 1. The molecule has 3 nitrogen and oxygen atoms in total. The molecule has 1 aromatic rings. The molecular formula is C14H18ClNO2S. The fourth-order valence-electron chi connectivity index (χ4n) is 1.35. The van der Waals surface area contributed by atoms with Gasteiger partial charge in [0.05, 0.1) is 10.8 Å². The van der Waals surface area contributed by atoms with Crippen LogP contribution in [0.3, 0.4) is 0 Å². The Morgan fingerprint density at radius 3 is 3.00 bits per heavy atom. The average Bonchev–Trinajstić information content (AvgIpc) is 2.42. The predicted octanol–water partition coefficient (Wildman–Crippen LogP) is 2.04. The summed E-state index contributed by atoms with van der Waals surface area (Å²) in [7, 11) is 0. The first-order chi connectivity index (χ1) is 9.24. The Bertz CT molecular complexity index is 409. The lowest BCUT2D eigenvalue weighted by atomic mass is 10.3. The maximum atomic E-state index is 9.73. The number of hydrogen-bond acceptors (Lipinski definition) is 4. The Kier molecular flexibility index (Phi) is 8.52. The van der Waals surface area contributed by atoms with Crippen LogP contribution in [0, 0.1) is 12.3 Å². The SMILES string of the molecule is C#CCSCCNCC(O)COc1ccccc1Cl. The average molecular weight is 300 g/mol. The van der Waals surface area contributed by atoms with Crippen LogP contribution in [0.5, 0.6) is 5.75 Å². The van der Waals surface area contributed by atoms with Crippen molar-refractivity contribution in [1.82, 2.24) is 5.32 Å². The molecule has 0 saturated heterocycles. The highest BCUT2D eigenvalue weighted by molar-refractivity contribution is 7.99. The van der Waals surface area contributed by atoms with Crippen molar-refractivity contribution in [2.75, 3.05) is 31.2 Å². The third-order valence-electron chi connectivity index (χ3n) is 2.26. The summed E-state index contributed by atoms with van der Waals surface area (Å²) in [5, 5.41) is 13.4. The third kappa shape index (κ3) is 7.34. The van der Waals surface area contributed by atoms with Crippen LogP contribution in [0.25, 0.3) is 0 Å². The highest BCUT2D eigenvalue weighted by Crippen LogP contribution is 2.22. The van der Waals surface area contributed by atoms with Gasteiger partial charge in [-0.1, -0.05) is 29.7 Å². The van der Waals surface area contributed by atoms with Gasteiger partial charge in [0.25, 0.3) is 0 Å². The van der Waals surface area contributed by atoms with E-state index in [1.165, 1.54) is 0 Å². The van der Waals surface area contributed by atoms with E-state index in [0.29, 0.717) is 17.3 Å². The van der Waals surface area contributed by atoms with Crippen molar-refractivity contribution in [3.05, 3.63) is 29.3 Å². The number of benzene rings is 1. The van der Waals surface area contributed by atoms with E-state index >= 15 is 0 Å². The molecule has 1 atom stereocenters. The van der Waals surface area contributed by atoms with Gasteiger partial charge >= 0.3 is 0 Å². The van der Waals surface area contributed by atoms with Gasteiger partial charge in [0, 0.05) is 18.8 Å². The molecule has 0 aromatic heterocycles. The standard InChI is InChI=1S/C14H18ClNO2S/c1-2-8-19-9-7-16-10-12(17)11-18-14-6-4-3-5-13(14)15/h1,3-6,12,16-17H,7-11H2. The molecule has 5 heteroatoms. The first kappa shape index (κ1) is 16.2. The zero-order valence-corrected chi connectivity index (χ0v) is 12.2. The van der Waals surface area contributed by atoms with Crippen molar-refractivity contribution in [2.45, 2.75) is 6.10 Å². The van der Waals surface area contributed by atoms with Gasteiger partial charge in [-0.15, -0.1) is 18.2 Å². The Morgan fingerprint density at radius 1 is 1.47 bits per heavy atom. The van der Waals surface area contributed by atoms with Gasteiger partial charge in [-0.25, -0.2) is 0 Å². The molecule has 0 bridgehead atoms. The zero-order valence-electron chi connectivity index (χ0n) is 10.6. The van der Waals surface area contributed by atoms with Crippen molar-refractivity contribution in [3.8, 4) is 18.1 Å². The van der Waals surface area contributed by atoms with Crippen LogP contribution >= 0.6 is 23.4 Å². The lowest BCUT2D eigenvalue weighted by molar-refractivity contribution is 0.107. The van der Waals surface area contributed by atoms with Crippen LogP contribution in [-0.2, 0) is 0 Å². The van der Waals surface area contributed by atoms with Crippen LogP contribution in [-0.4, -0.2) is 42.4 Å². The Morgan fingerprint density at radius 2 is 2.26 bits per heavy atom. The molecule has 1 unspecified atom stereocenters. The van der Waals surface area contributed by atoms with E-state index in [0.717, 1.165) is 18.1 Å². The van der Waals surface area contributed by atoms with E-state index in [4.69, 9.17) is 22.8 Å². The zero-order chi connectivity index (χ0) is 13.9. The summed E-state index contributed by atoms with van der Waals surface area (Å²) in [5.41, 5.74) is 0. The highest BCUT2D eigenvalue weighted by Gasteiger charge is 2.06. The summed E-state index contributed by atoms with van der Waals surface area (Å²) in [5.74, 6) is 4.81. The molecule has 1 aromatic carbocycles. The minimum atomic E-state index is -0.561. The molecule has 0 fully saturated rings. The van der Waals surface area contributed by atoms with Crippen molar-refractivity contribution in [1.29, 1.82) is 0 Å². The summed E-state index contributed by atoms with van der Waals surface area (Å²) in [4.78, 5) is 0. The molecule has 0 amide bonds. The maximum absolute atomic E-state index is 9.73. The van der Waals surface area contributed by atoms with Crippen LogP contribution < -0.4 is 10.1 Å². The topological polar surface area (TPSA) is 41.5 Å². The van der Waals surface area contributed by atoms with Crippen LogP contribution in [0.4, 0.5) is 0 Å². The van der Waals surface area contributed by atoms with Crippen LogP contribution in [0.1, 0.15) is 0 Å². The number of halogens is 1. The van der Waals surface area contributed by atoms with E-state index in [1.807, 2.05) is 12.1 Å². The van der Waals surface area contributed by atoms with Crippen molar-refractivity contribution >= 4 is 23.4 Å². The molecule has 0 radical (unpaired) electrons. The van der Waals surface area contributed by atoms with Crippen LogP contribution in [0.2, 0.25) is 5.02 Å². The molecule has 0 saturated carbocycles. The second-order valence-electron chi connectivity index (χ2n) is 3.86. The van der Waals surface area contributed by atoms with E-state index < -0.39 is 6.10 Å². The third-order valence-corrected chi connectivity index (χ3v) is 3.43. The number of aliphatic hydroxyl groups excluding tert-OH is 1. The summed E-state index contributed by atoms with van der Waals surface area (Å²) >= 11 is 7.63. The summed E-state index contributed by atoms with van der Waals surface area (Å²) < 4.78 is 5.44. The largest absolute Gasteiger partial charge is 0.489 e. The molecule has 2 N–H and O–H groups in total. The normalized spacial score (nSPS) is 11.8. The molecular weight excluding hydrogens is 282 g/mol. The van der Waals surface area contributed by atoms with Gasteiger partial charge in [0.2, 0.25) is 0 Å². The monoisotopic (exact) mass is 299 g/mol.